The number of fused-ring (bicyclic) bond motifs is 1. The van der Waals surface area contributed by atoms with Gasteiger partial charge in [-0.2, -0.15) is 0 Å². The van der Waals surface area contributed by atoms with E-state index in [4.69, 9.17) is 9.72 Å². The number of nitrogens with zero attached hydrogens (tertiary/aromatic N) is 1. The van der Waals surface area contributed by atoms with Crippen molar-refractivity contribution in [2.24, 2.45) is 0 Å². The van der Waals surface area contributed by atoms with Crippen LogP contribution in [0.4, 0.5) is 0 Å². The summed E-state index contributed by atoms with van der Waals surface area (Å²) in [7, 11) is 0. The van der Waals surface area contributed by atoms with E-state index in [1.807, 2.05) is 12.1 Å². The van der Waals surface area contributed by atoms with Crippen LogP contribution in [0.1, 0.15) is 36.0 Å². The van der Waals surface area contributed by atoms with Crippen LogP contribution in [-0.4, -0.2) is 17.6 Å². The topological polar surface area (TPSA) is 34.1 Å². The molecule has 3 nitrogen and oxygen atoms in total. The van der Waals surface area contributed by atoms with Gasteiger partial charge in [-0.1, -0.05) is 32.0 Å². The zero-order valence-corrected chi connectivity index (χ0v) is 12.0. The minimum Gasteiger partial charge on any atom is -0.492 e. The van der Waals surface area contributed by atoms with Gasteiger partial charge in [-0.25, -0.2) is 4.98 Å². The number of para-hydroxylation sites is 1. The number of ether oxygens (including phenoxy) is 1. The third-order valence-electron chi connectivity index (χ3n) is 3.26. The van der Waals surface area contributed by atoms with Crippen molar-refractivity contribution >= 4 is 11.3 Å². The summed E-state index contributed by atoms with van der Waals surface area (Å²) in [5, 5.41) is 6.70. The average molecular weight is 274 g/mol. The molecule has 1 aromatic heterocycles. The normalized spacial score (nSPS) is 17.5. The summed E-state index contributed by atoms with van der Waals surface area (Å²) in [6, 6.07) is 8.74. The Labute approximate surface area is 117 Å². The van der Waals surface area contributed by atoms with Gasteiger partial charge in [0.25, 0.3) is 0 Å². The van der Waals surface area contributed by atoms with E-state index in [0.29, 0.717) is 18.6 Å². The number of aromatic nitrogens is 1. The summed E-state index contributed by atoms with van der Waals surface area (Å²) in [5.74, 6) is 1.30. The number of benzene rings is 1. The maximum Gasteiger partial charge on any atom is 0.123 e. The Morgan fingerprint density at radius 1 is 1.42 bits per heavy atom. The molecule has 0 saturated heterocycles. The lowest BCUT2D eigenvalue weighted by Gasteiger charge is -2.06. The highest BCUT2D eigenvalue weighted by Gasteiger charge is 2.27. The van der Waals surface area contributed by atoms with Gasteiger partial charge in [-0.3, -0.25) is 0 Å². The van der Waals surface area contributed by atoms with Crippen LogP contribution in [0.2, 0.25) is 0 Å². The average Bonchev–Trinajstić information content (AvgIpc) is 3.02. The number of hydrogen-bond acceptors (Lipinski definition) is 4. The third-order valence-corrected chi connectivity index (χ3v) is 4.27. The molecule has 0 radical (unpaired) electrons. The first-order valence-electron chi connectivity index (χ1n) is 6.63. The molecule has 1 N–H and O–H groups in total. The van der Waals surface area contributed by atoms with Crippen LogP contribution in [0.5, 0.6) is 5.75 Å². The van der Waals surface area contributed by atoms with E-state index in [1.165, 1.54) is 5.56 Å². The molecule has 0 saturated carbocycles. The predicted molar refractivity (Wildman–Crippen MR) is 77.9 cm³/mol. The monoisotopic (exact) mass is 274 g/mol. The van der Waals surface area contributed by atoms with Crippen LogP contribution < -0.4 is 10.1 Å². The van der Waals surface area contributed by atoms with Gasteiger partial charge >= 0.3 is 0 Å². The second kappa shape index (κ2) is 5.31. The van der Waals surface area contributed by atoms with Gasteiger partial charge < -0.3 is 10.1 Å². The molecule has 4 heteroatoms. The van der Waals surface area contributed by atoms with Crippen molar-refractivity contribution in [2.45, 2.75) is 32.4 Å². The molecule has 0 fully saturated rings. The van der Waals surface area contributed by atoms with E-state index in [0.717, 1.165) is 23.0 Å². The number of rotatable bonds is 4. The molecule has 100 valence electrons. The molecule has 0 spiro atoms. The molecule has 2 aromatic rings. The second-order valence-electron chi connectivity index (χ2n) is 5.11. The molecular formula is C15H18N2OS. The highest BCUT2D eigenvalue weighted by molar-refractivity contribution is 7.09. The summed E-state index contributed by atoms with van der Waals surface area (Å²) in [6.07, 6.45) is 0. The van der Waals surface area contributed by atoms with Crippen molar-refractivity contribution < 1.29 is 4.74 Å². The molecule has 0 aliphatic carbocycles. The standard InChI is InChI=1S/C15H18N2OS/c1-10(2)16-7-11-9-19-15(17-11)13-8-18-14-6-4-3-5-12(13)14/h3-6,9-10,13,16H,7-8H2,1-2H3. The smallest absolute Gasteiger partial charge is 0.123 e. The summed E-state index contributed by atoms with van der Waals surface area (Å²) in [4.78, 5) is 4.74. The van der Waals surface area contributed by atoms with E-state index in [2.05, 4.69) is 36.7 Å². The third kappa shape index (κ3) is 2.65. The van der Waals surface area contributed by atoms with Crippen LogP contribution in [0.15, 0.2) is 29.6 Å². The molecule has 0 bridgehead atoms. The lowest BCUT2D eigenvalue weighted by atomic mass is 10.0. The first kappa shape index (κ1) is 12.6. The number of hydrogen-bond donors (Lipinski definition) is 1. The van der Waals surface area contributed by atoms with E-state index >= 15 is 0 Å². The maximum absolute atomic E-state index is 5.72. The molecule has 1 aliphatic heterocycles. The first-order valence-corrected chi connectivity index (χ1v) is 7.51. The molecular weight excluding hydrogens is 256 g/mol. The fraction of sp³-hybridized carbons (Fsp3) is 0.400. The molecule has 19 heavy (non-hydrogen) atoms. The summed E-state index contributed by atoms with van der Waals surface area (Å²) >= 11 is 1.73. The van der Waals surface area contributed by atoms with Gasteiger partial charge in [-0.05, 0) is 6.07 Å². The van der Waals surface area contributed by atoms with Crippen molar-refractivity contribution in [3.8, 4) is 5.75 Å². The Bertz CT molecular complexity index is 565. The molecule has 1 aromatic carbocycles. The zero-order valence-electron chi connectivity index (χ0n) is 11.2. The lowest BCUT2D eigenvalue weighted by Crippen LogP contribution is -2.22. The van der Waals surface area contributed by atoms with Crippen molar-refractivity contribution in [1.82, 2.24) is 10.3 Å². The molecule has 2 heterocycles. The Kier molecular flexibility index (Phi) is 3.53. The SMILES string of the molecule is CC(C)NCc1csc(C2COc3ccccc32)n1. The van der Waals surface area contributed by atoms with Gasteiger partial charge in [0.2, 0.25) is 0 Å². The molecule has 1 atom stereocenters. The molecule has 0 amide bonds. The molecule has 3 rings (SSSR count). The minimum atomic E-state index is 0.300. The van der Waals surface area contributed by atoms with Crippen molar-refractivity contribution in [3.63, 3.8) is 0 Å². The van der Waals surface area contributed by atoms with E-state index in [-0.39, 0.29) is 0 Å². The van der Waals surface area contributed by atoms with Crippen LogP contribution in [0.3, 0.4) is 0 Å². The van der Waals surface area contributed by atoms with Gasteiger partial charge in [0.05, 0.1) is 11.6 Å². The van der Waals surface area contributed by atoms with Crippen LogP contribution in [0.25, 0.3) is 0 Å². The van der Waals surface area contributed by atoms with Crippen molar-refractivity contribution in [2.75, 3.05) is 6.61 Å². The first-order chi connectivity index (χ1) is 9.24. The van der Waals surface area contributed by atoms with E-state index in [1.54, 1.807) is 11.3 Å². The summed E-state index contributed by atoms with van der Waals surface area (Å²) in [6.45, 7) is 5.84. The fourth-order valence-corrected chi connectivity index (χ4v) is 3.16. The predicted octanol–water partition coefficient (Wildman–Crippen LogP) is 3.17. The largest absolute Gasteiger partial charge is 0.492 e. The Balaban J connectivity index is 1.77. The van der Waals surface area contributed by atoms with Crippen molar-refractivity contribution in [1.29, 1.82) is 0 Å². The quantitative estimate of drug-likeness (QED) is 0.930. The van der Waals surface area contributed by atoms with Gasteiger partial charge in [-0.15, -0.1) is 11.3 Å². The minimum absolute atomic E-state index is 0.300. The van der Waals surface area contributed by atoms with Crippen molar-refractivity contribution in [3.05, 3.63) is 45.9 Å². The Morgan fingerprint density at radius 2 is 2.26 bits per heavy atom. The number of thiazole rings is 1. The van der Waals surface area contributed by atoms with E-state index in [9.17, 15) is 0 Å². The highest BCUT2D eigenvalue weighted by atomic mass is 32.1. The van der Waals surface area contributed by atoms with Gasteiger partial charge in [0.15, 0.2) is 0 Å². The maximum atomic E-state index is 5.72. The number of nitrogens with one attached hydrogen (secondary N) is 1. The van der Waals surface area contributed by atoms with Crippen LogP contribution >= 0.6 is 11.3 Å². The van der Waals surface area contributed by atoms with Crippen LogP contribution in [-0.2, 0) is 6.54 Å². The molecule has 1 unspecified atom stereocenters. The van der Waals surface area contributed by atoms with E-state index < -0.39 is 0 Å². The summed E-state index contributed by atoms with van der Waals surface area (Å²) in [5.41, 5.74) is 2.39. The molecule has 1 aliphatic rings. The van der Waals surface area contributed by atoms with Crippen LogP contribution in [0, 0.1) is 0 Å². The fourth-order valence-electron chi connectivity index (χ4n) is 2.24. The Hall–Kier alpha value is -1.39. The van der Waals surface area contributed by atoms with Gasteiger partial charge in [0, 0.05) is 23.5 Å². The lowest BCUT2D eigenvalue weighted by molar-refractivity contribution is 0.342. The zero-order chi connectivity index (χ0) is 13.2. The summed E-state index contributed by atoms with van der Waals surface area (Å²) < 4.78 is 5.72. The Morgan fingerprint density at radius 3 is 3.11 bits per heavy atom. The second-order valence-corrected chi connectivity index (χ2v) is 6.00. The highest BCUT2D eigenvalue weighted by Crippen LogP contribution is 2.38. The van der Waals surface area contributed by atoms with Gasteiger partial charge in [0.1, 0.15) is 17.4 Å².